The lowest BCUT2D eigenvalue weighted by atomic mass is 10.1. The summed E-state index contributed by atoms with van der Waals surface area (Å²) in [6, 6.07) is 11.2. The van der Waals surface area contributed by atoms with Crippen LogP contribution >= 0.6 is 24.0 Å². The zero-order chi connectivity index (χ0) is 19.6. The van der Waals surface area contributed by atoms with Crippen LogP contribution in [0.25, 0.3) is 0 Å². The van der Waals surface area contributed by atoms with Crippen molar-refractivity contribution in [2.45, 2.75) is 19.6 Å². The van der Waals surface area contributed by atoms with Crippen molar-refractivity contribution in [3.8, 4) is 11.5 Å². The third kappa shape index (κ3) is 7.45. The first-order valence-electron chi connectivity index (χ1n) is 8.33. The fourth-order valence-corrected chi connectivity index (χ4v) is 2.43. The smallest absolute Gasteiger partial charge is 0.387 e. The monoisotopic (exact) mass is 509 g/mol. The van der Waals surface area contributed by atoms with Crippen LogP contribution in [0.5, 0.6) is 11.5 Å². The molecule has 0 atom stereocenters. The third-order valence-corrected chi connectivity index (χ3v) is 3.80. The number of nitrogens with zero attached hydrogens (tertiary/aromatic N) is 1. The largest absolute Gasteiger partial charge is 0.497 e. The second-order valence-electron chi connectivity index (χ2n) is 5.55. The molecule has 0 amide bonds. The van der Waals surface area contributed by atoms with Gasteiger partial charge < -0.3 is 20.1 Å². The summed E-state index contributed by atoms with van der Waals surface area (Å²) < 4.78 is 48.4. The lowest BCUT2D eigenvalue weighted by Crippen LogP contribution is -2.38. The van der Waals surface area contributed by atoms with Crippen molar-refractivity contribution in [1.29, 1.82) is 0 Å². The van der Waals surface area contributed by atoms with Crippen LogP contribution in [0.2, 0.25) is 0 Å². The zero-order valence-corrected chi connectivity index (χ0v) is 17.9. The average molecular weight is 509 g/mol. The van der Waals surface area contributed by atoms with Crippen LogP contribution < -0.4 is 20.1 Å². The van der Waals surface area contributed by atoms with Gasteiger partial charge in [0, 0.05) is 31.8 Å². The molecule has 28 heavy (non-hydrogen) atoms. The number of hydrogen-bond donors (Lipinski definition) is 2. The number of guanidine groups is 1. The fourth-order valence-electron chi connectivity index (χ4n) is 2.43. The summed E-state index contributed by atoms with van der Waals surface area (Å²) in [6.07, 6.45) is 0.482. The number of methoxy groups -OCH3 is 1. The minimum absolute atomic E-state index is 0. The Morgan fingerprint density at radius 1 is 1.11 bits per heavy atom. The van der Waals surface area contributed by atoms with E-state index in [1.54, 1.807) is 37.4 Å². The van der Waals surface area contributed by atoms with Crippen molar-refractivity contribution in [3.05, 3.63) is 59.4 Å². The van der Waals surface area contributed by atoms with Crippen LogP contribution in [0.3, 0.4) is 0 Å². The summed E-state index contributed by atoms with van der Waals surface area (Å²) in [5.74, 6) is 0.653. The maximum atomic E-state index is 13.6. The van der Waals surface area contributed by atoms with Gasteiger partial charge in [-0.15, -0.1) is 24.0 Å². The van der Waals surface area contributed by atoms with Crippen LogP contribution in [-0.4, -0.2) is 33.3 Å². The van der Waals surface area contributed by atoms with Crippen LogP contribution in [0.1, 0.15) is 11.1 Å². The Kier molecular flexibility index (Phi) is 10.5. The molecule has 9 heteroatoms. The van der Waals surface area contributed by atoms with E-state index in [9.17, 15) is 13.2 Å². The molecule has 0 heterocycles. The number of halogens is 4. The molecule has 0 aliphatic heterocycles. The molecule has 2 aromatic rings. The quantitative estimate of drug-likeness (QED) is 0.322. The molecular weight excluding hydrogens is 486 g/mol. The lowest BCUT2D eigenvalue weighted by Gasteiger charge is -2.15. The molecule has 2 rings (SSSR count). The van der Waals surface area contributed by atoms with Gasteiger partial charge in [0.15, 0.2) is 5.96 Å². The van der Waals surface area contributed by atoms with E-state index in [0.29, 0.717) is 35.8 Å². The van der Waals surface area contributed by atoms with E-state index in [1.165, 1.54) is 19.2 Å². The SMILES string of the molecule is CN=C(NCCc1ccccc1F)NCc1ccc(OC)cc1OC(F)F.I. The summed E-state index contributed by atoms with van der Waals surface area (Å²) in [5, 5.41) is 6.07. The van der Waals surface area contributed by atoms with Gasteiger partial charge in [0.05, 0.1) is 7.11 Å². The Balaban J connectivity index is 0.00000392. The van der Waals surface area contributed by atoms with E-state index < -0.39 is 6.61 Å². The number of benzene rings is 2. The Morgan fingerprint density at radius 3 is 2.50 bits per heavy atom. The van der Waals surface area contributed by atoms with Gasteiger partial charge in [0.2, 0.25) is 0 Å². The Hall–Kier alpha value is -2.17. The Labute approximate surface area is 179 Å². The molecule has 0 fully saturated rings. The van der Waals surface area contributed by atoms with Gasteiger partial charge in [-0.3, -0.25) is 4.99 Å². The maximum absolute atomic E-state index is 13.6. The third-order valence-electron chi connectivity index (χ3n) is 3.80. The molecule has 0 spiro atoms. The molecule has 0 aliphatic rings. The number of alkyl halides is 2. The molecule has 0 aliphatic carbocycles. The van der Waals surface area contributed by atoms with Gasteiger partial charge in [0.25, 0.3) is 0 Å². The van der Waals surface area contributed by atoms with Crippen LogP contribution in [0.15, 0.2) is 47.5 Å². The number of ether oxygens (including phenoxy) is 2. The predicted octanol–water partition coefficient (Wildman–Crippen LogP) is 3.96. The molecule has 5 nitrogen and oxygen atoms in total. The molecule has 2 aromatic carbocycles. The van der Waals surface area contributed by atoms with Crippen LogP contribution in [-0.2, 0) is 13.0 Å². The van der Waals surface area contributed by atoms with Crippen LogP contribution in [0, 0.1) is 5.82 Å². The molecule has 0 unspecified atom stereocenters. The number of nitrogens with one attached hydrogen (secondary N) is 2. The second kappa shape index (κ2) is 12.3. The summed E-state index contributed by atoms with van der Waals surface area (Å²) >= 11 is 0. The van der Waals surface area contributed by atoms with Gasteiger partial charge in [-0.2, -0.15) is 8.78 Å². The van der Waals surface area contributed by atoms with E-state index in [4.69, 9.17) is 4.74 Å². The van der Waals surface area contributed by atoms with Gasteiger partial charge >= 0.3 is 6.61 Å². The first-order chi connectivity index (χ1) is 13.0. The molecule has 0 saturated heterocycles. The Bertz CT molecular complexity index is 776. The standard InChI is InChI=1S/C19H22F3N3O2.HI/c1-23-19(24-10-9-13-5-3-4-6-16(13)20)25-12-14-7-8-15(26-2)11-17(14)27-18(21)22;/h3-8,11,18H,9-10,12H2,1-2H3,(H2,23,24,25);1H. The first-order valence-corrected chi connectivity index (χ1v) is 8.33. The van der Waals surface area contributed by atoms with E-state index in [0.717, 1.165) is 0 Å². The number of aliphatic imine (C=N–C) groups is 1. The van der Waals surface area contributed by atoms with Crippen LogP contribution in [0.4, 0.5) is 13.2 Å². The fraction of sp³-hybridized carbons (Fsp3) is 0.316. The van der Waals surface area contributed by atoms with Crippen molar-refractivity contribution in [2.24, 2.45) is 4.99 Å². The van der Waals surface area contributed by atoms with Crippen molar-refractivity contribution in [3.63, 3.8) is 0 Å². The molecular formula is C19H23F3IN3O2. The highest BCUT2D eigenvalue weighted by molar-refractivity contribution is 14.0. The molecule has 154 valence electrons. The minimum atomic E-state index is -2.94. The zero-order valence-electron chi connectivity index (χ0n) is 15.5. The van der Waals surface area contributed by atoms with E-state index in [2.05, 4.69) is 20.4 Å². The number of rotatable bonds is 8. The van der Waals surface area contributed by atoms with Crippen molar-refractivity contribution >= 4 is 29.9 Å². The van der Waals surface area contributed by atoms with Crippen molar-refractivity contribution in [1.82, 2.24) is 10.6 Å². The van der Waals surface area contributed by atoms with Gasteiger partial charge in [0.1, 0.15) is 17.3 Å². The number of hydrogen-bond acceptors (Lipinski definition) is 3. The lowest BCUT2D eigenvalue weighted by molar-refractivity contribution is -0.0505. The highest BCUT2D eigenvalue weighted by atomic mass is 127. The maximum Gasteiger partial charge on any atom is 0.387 e. The first kappa shape index (κ1) is 23.9. The molecule has 0 saturated carbocycles. The molecule has 0 radical (unpaired) electrons. The van der Waals surface area contributed by atoms with Crippen molar-refractivity contribution in [2.75, 3.05) is 20.7 Å². The molecule has 0 aromatic heterocycles. The summed E-state index contributed by atoms with van der Waals surface area (Å²) in [5.41, 5.74) is 1.12. The topological polar surface area (TPSA) is 54.9 Å². The van der Waals surface area contributed by atoms with E-state index in [1.807, 2.05) is 0 Å². The second-order valence-corrected chi connectivity index (χ2v) is 5.55. The summed E-state index contributed by atoms with van der Waals surface area (Å²) in [7, 11) is 3.03. The highest BCUT2D eigenvalue weighted by Crippen LogP contribution is 2.26. The van der Waals surface area contributed by atoms with Gasteiger partial charge in [-0.1, -0.05) is 18.2 Å². The Morgan fingerprint density at radius 2 is 1.86 bits per heavy atom. The van der Waals surface area contributed by atoms with Crippen molar-refractivity contribution < 1.29 is 22.6 Å². The predicted molar refractivity (Wildman–Crippen MR) is 113 cm³/mol. The molecule has 2 N–H and O–H groups in total. The average Bonchev–Trinajstić information content (AvgIpc) is 2.66. The highest BCUT2D eigenvalue weighted by Gasteiger charge is 2.12. The normalized spacial score (nSPS) is 11.0. The van der Waals surface area contributed by atoms with E-state index >= 15 is 0 Å². The summed E-state index contributed by atoms with van der Waals surface area (Å²) in [6.45, 7) is -2.26. The minimum Gasteiger partial charge on any atom is -0.497 e. The van der Waals surface area contributed by atoms with Gasteiger partial charge in [-0.25, -0.2) is 4.39 Å². The molecule has 0 bridgehead atoms. The van der Waals surface area contributed by atoms with E-state index in [-0.39, 0.29) is 42.1 Å². The summed E-state index contributed by atoms with van der Waals surface area (Å²) in [4.78, 5) is 4.07. The van der Waals surface area contributed by atoms with Gasteiger partial charge in [-0.05, 0) is 30.2 Å².